The van der Waals surface area contributed by atoms with Gasteiger partial charge >= 0.3 is 0 Å². The first kappa shape index (κ1) is 175. The van der Waals surface area contributed by atoms with Gasteiger partial charge in [0.2, 0.25) is 0 Å². The fraction of sp³-hybridized carbons (Fsp3) is 0.864. The molecule has 14 rings (SSSR count). The SMILES string of the molecule is CC1C[CH-]CC(C)C1.CC1C[CH-]CC(C)CC1.CC1C[CH-]CC1C.CC1C[CH-]CCC(C)C1.CC1C[CH-]CCC(C)C1.CC1C[CH-]CCC1C.CC1[CH-]C(C)C1.CC1[CH-]CC(C)C1.CC1[CH-]CC(C)C1.CC1[CH-]CC(C)CC1.CC1[CH-]CC(C)[CH-]C1.CC1[CH-]CCC(C)C1.CC1[CH-]CCC(C)CC1.CC1[CH-]CCC1C.[Y].[Y].[Y].[Y].[Y].[Y].[Y].[Y].[Y].[Y].[Y].[Y].[Y].[Y].[Y]. The Morgan fingerprint density at radius 2 is 0.376 bits per heavy atom. The van der Waals surface area contributed by atoms with Crippen LogP contribution in [0.3, 0.4) is 0 Å². The molecule has 0 bridgehead atoms. The van der Waals surface area contributed by atoms with Gasteiger partial charge in [-0.05, 0) is 29.6 Å². The van der Waals surface area contributed by atoms with Gasteiger partial charge < -0.3 is 96.3 Å². The van der Waals surface area contributed by atoms with Crippen LogP contribution in [-0.2, 0) is 491 Å². The van der Waals surface area contributed by atoms with Gasteiger partial charge in [-0.3, -0.25) is 0 Å². The summed E-state index contributed by atoms with van der Waals surface area (Å²) in [6, 6.07) is 0. The maximum Gasteiger partial charge on any atom is 0 e. The van der Waals surface area contributed by atoms with Gasteiger partial charge in [0.1, 0.15) is 0 Å². The molecule has 15 heteroatoms. The van der Waals surface area contributed by atoms with E-state index in [1.165, 1.54) is 250 Å². The van der Waals surface area contributed by atoms with E-state index in [1.807, 2.05) is 0 Å². The van der Waals surface area contributed by atoms with Crippen LogP contribution in [0.2, 0.25) is 0 Å². The molecule has 28 atom stereocenters. The zero-order valence-electron chi connectivity index (χ0n) is 89.1. The Hall–Kier alpha value is 16.6. The van der Waals surface area contributed by atoms with E-state index in [4.69, 9.17) is 0 Å². The van der Waals surface area contributed by atoms with E-state index in [2.05, 4.69) is 290 Å². The van der Waals surface area contributed by atoms with Crippen molar-refractivity contribution in [3.63, 3.8) is 0 Å². The number of hydrogen-bond acceptors (Lipinski definition) is 0. The van der Waals surface area contributed by atoms with Crippen LogP contribution < -0.4 is 0 Å². The first-order valence-electron chi connectivity index (χ1n) is 49.5. The molecule has 15 radical (unpaired) electrons. The van der Waals surface area contributed by atoms with E-state index >= 15 is 0 Å². The summed E-state index contributed by atoms with van der Waals surface area (Å²) in [6.45, 7) is 65.2. The van der Waals surface area contributed by atoms with Crippen molar-refractivity contribution in [3.8, 4) is 0 Å². The van der Waals surface area contributed by atoms with Crippen LogP contribution in [0.25, 0.3) is 0 Å². The average molecular weight is 2860 g/mol. The van der Waals surface area contributed by atoms with Gasteiger partial charge in [-0.15, -0.1) is 6.42 Å². The molecular weight excluding hydrogens is 2650 g/mol. The smallest absolute Gasteiger partial charge is 0 e. The van der Waals surface area contributed by atoms with Crippen molar-refractivity contribution < 1.29 is 491 Å². The van der Waals surface area contributed by atoms with Gasteiger partial charge in [0.25, 0.3) is 0 Å². The van der Waals surface area contributed by atoms with Crippen molar-refractivity contribution >= 4 is 0 Å². The Kier molecular flexibility index (Phi) is 160. The summed E-state index contributed by atoms with van der Waals surface area (Å²) in [4.78, 5) is 0. The second-order valence-electron chi connectivity index (χ2n) is 42.9. The van der Waals surface area contributed by atoms with E-state index in [0.717, 1.165) is 166 Å². The Morgan fingerprint density at radius 3 is 0.632 bits per heavy atom. The zero-order chi connectivity index (χ0) is 82.3. The van der Waals surface area contributed by atoms with Crippen molar-refractivity contribution in [2.75, 3.05) is 0 Å². The first-order chi connectivity index (χ1) is 52.1. The number of rotatable bonds is 0. The minimum absolute atomic E-state index is 0. The fourth-order valence-corrected chi connectivity index (χ4v) is 18.9. The third-order valence-electron chi connectivity index (χ3n) is 28.2. The van der Waals surface area contributed by atoms with E-state index < -0.39 is 0 Å². The molecule has 14 aliphatic carbocycles. The summed E-state index contributed by atoms with van der Waals surface area (Å²) >= 11 is 0. The van der Waals surface area contributed by atoms with Crippen LogP contribution in [0.15, 0.2) is 0 Å². The van der Waals surface area contributed by atoms with E-state index in [-0.39, 0.29) is 491 Å². The van der Waals surface area contributed by atoms with Crippen LogP contribution in [0.5, 0.6) is 0 Å². The van der Waals surface area contributed by atoms with Crippen molar-refractivity contribution in [2.24, 2.45) is 166 Å². The van der Waals surface area contributed by atoms with Crippen molar-refractivity contribution in [2.45, 2.75) is 444 Å². The summed E-state index contributed by atoms with van der Waals surface area (Å²) in [5.41, 5.74) is 0. The molecule has 0 spiro atoms. The normalized spacial score (nSPS) is 35.2. The van der Waals surface area contributed by atoms with Gasteiger partial charge in [-0.2, -0.15) is 175 Å². The molecule has 0 aliphatic heterocycles. The van der Waals surface area contributed by atoms with Crippen LogP contribution in [0.4, 0.5) is 0 Å². The van der Waals surface area contributed by atoms with Crippen LogP contribution in [0, 0.1) is 262 Å². The third-order valence-corrected chi connectivity index (χ3v) is 28.2. The molecule has 0 amide bonds. The molecule has 14 fully saturated rings. The average Bonchev–Trinajstić information content (AvgIpc) is 1.83. The second kappa shape index (κ2) is 115. The van der Waals surface area contributed by atoms with E-state index in [9.17, 15) is 0 Å². The Labute approximate surface area is 1170 Å². The molecule has 0 aromatic carbocycles. The molecule has 14 saturated carbocycles. The van der Waals surface area contributed by atoms with Crippen molar-refractivity contribution in [1.82, 2.24) is 0 Å². The van der Waals surface area contributed by atoms with Crippen LogP contribution in [-0.4, -0.2) is 0 Å². The summed E-state index contributed by atoms with van der Waals surface area (Å²) in [5, 5.41) is 0. The number of hydrogen-bond donors (Lipinski definition) is 0. The molecule has 14 aliphatic rings. The quantitative estimate of drug-likeness (QED) is 0.168. The summed E-state index contributed by atoms with van der Waals surface area (Å²) in [6.07, 6.45) is 90.5. The molecular formula is C110H205Y15-15. The predicted molar refractivity (Wildman–Crippen MR) is 501 cm³/mol. The van der Waals surface area contributed by atoms with E-state index in [1.54, 1.807) is 0 Å². The molecule has 705 valence electrons. The molecule has 28 unspecified atom stereocenters. The fourth-order valence-electron chi connectivity index (χ4n) is 18.9. The minimum atomic E-state index is 0. The van der Waals surface area contributed by atoms with Crippen LogP contribution >= 0.6 is 0 Å². The minimum Gasteiger partial charge on any atom is -0.330 e. The largest absolute Gasteiger partial charge is 0.330 e. The Bertz CT molecular complexity index is 1760. The molecule has 0 aromatic rings. The zero-order valence-corrected chi connectivity index (χ0v) is 132. The summed E-state index contributed by atoms with van der Waals surface area (Å²) in [7, 11) is 0. The van der Waals surface area contributed by atoms with Gasteiger partial charge in [0, 0.05) is 491 Å². The molecule has 0 aromatic heterocycles. The Morgan fingerprint density at radius 1 is 0.136 bits per heavy atom. The standard InChI is InChI=1S/4C9H17.C8H15.C8H14.3C8H15.4C7H13.C6H11.15Y/c2*1-8-4-3-5-9(2)7-6-8;2*1-8-5-3-4-6-9(2)7-8;2*1-7-3-5-8(2)6-4-7;2*1-7-4-3-5-8(2)6-7;1-7-5-3-4-6-8(7)2;2*1-6-3-4-7(2)5-6;2*1-6-4-3-5-7(6)2;1-5-3-6(2)4-5;;;;;;;;;;;;;;;/h4,8-9H,3,5-7H2,1-2H3;3*3,8-9H,4-7H2,1-2H3;3,7-8H,4-6H2,1-2H3;3,6-8H,4-5H2,1-2H3;4,7-8H,3,5-6H2,1-2H3;2*3,7-8H,4-6H2,1-2H3;2*3,6-7H,4-5H2,1-2H3;4,6-7H,3,5H2,1-2H3;3,6-7H,4-5H2,1-2H3;3,5-6H,4H2,1-2H3;;;;;;;;;;;;;;;/q5*-1;-2;8*-1;;;;;;;;;;;;;;;. The van der Waals surface area contributed by atoms with Crippen molar-refractivity contribution in [3.05, 3.63) is 96.3 Å². The molecule has 125 heavy (non-hydrogen) atoms. The maximum atomic E-state index is 2.48. The summed E-state index contributed by atoms with van der Waals surface area (Å²) < 4.78 is 0. The van der Waals surface area contributed by atoms with Gasteiger partial charge in [-0.25, -0.2) is 12.8 Å². The molecule has 0 saturated heterocycles. The van der Waals surface area contributed by atoms with Gasteiger partial charge in [0.05, 0.1) is 0 Å². The molecule has 0 nitrogen and oxygen atoms in total. The molecule has 0 N–H and O–H groups in total. The van der Waals surface area contributed by atoms with Crippen LogP contribution in [0.1, 0.15) is 444 Å². The first-order valence-corrected chi connectivity index (χ1v) is 49.5. The van der Waals surface area contributed by atoms with Gasteiger partial charge in [0.15, 0.2) is 0 Å². The topological polar surface area (TPSA) is 0 Å². The maximum absolute atomic E-state index is 2.48. The summed E-state index contributed by atoms with van der Waals surface area (Å²) in [5.74, 6) is 26.2. The Balaban J connectivity index is -0.0000000795. The predicted octanol–water partition coefficient (Wildman–Crippen LogP) is 36.1. The monoisotopic (exact) mass is 2860 g/mol. The molecule has 0 heterocycles. The van der Waals surface area contributed by atoms with Crippen molar-refractivity contribution in [1.29, 1.82) is 0 Å². The van der Waals surface area contributed by atoms with E-state index in [0.29, 0.717) is 0 Å². The van der Waals surface area contributed by atoms with Gasteiger partial charge in [-0.1, -0.05) is 386 Å². The third kappa shape index (κ3) is 109. The second-order valence-corrected chi connectivity index (χ2v) is 42.9.